The van der Waals surface area contributed by atoms with E-state index in [1.807, 2.05) is 16.6 Å². The van der Waals surface area contributed by atoms with Gasteiger partial charge in [0.1, 0.15) is 5.70 Å². The average molecular weight is 164 g/mol. The first-order chi connectivity index (χ1) is 5.25. The van der Waals surface area contributed by atoms with Gasteiger partial charge in [0.2, 0.25) is 0 Å². The molecule has 0 fully saturated rings. The summed E-state index contributed by atoms with van der Waals surface area (Å²) in [6.45, 7) is 3.50. The second-order valence-corrected chi connectivity index (χ2v) is 2.06. The highest BCUT2D eigenvalue weighted by molar-refractivity contribution is 6.18. The van der Waals surface area contributed by atoms with E-state index < -0.39 is 5.97 Å². The number of nitrogens with zero attached hydrogens (tertiary/aromatic N) is 2. The lowest BCUT2D eigenvalue weighted by Crippen LogP contribution is -2.08. The van der Waals surface area contributed by atoms with Crippen LogP contribution in [0, 0.1) is 0 Å². The van der Waals surface area contributed by atoms with Crippen molar-refractivity contribution in [1.29, 1.82) is 0 Å². The predicted octanol–water partition coefficient (Wildman–Crippen LogP) is -0.0195. The standard InChI is InChI=1S/C6H6N2O2.Al/c1-5(6(9)10)8-3-2-7-4-8;/h2-4H,1H2,(H,9,10);/q;+1/p-1. The Morgan fingerprint density at radius 3 is 2.91 bits per heavy atom. The van der Waals surface area contributed by atoms with Crippen LogP contribution in [0.5, 0.6) is 0 Å². The zero-order valence-electron chi connectivity index (χ0n) is 5.73. The van der Waals surface area contributed by atoms with E-state index in [-0.39, 0.29) is 5.70 Å². The summed E-state index contributed by atoms with van der Waals surface area (Å²) in [4.78, 5) is 14.6. The second-order valence-electron chi connectivity index (χ2n) is 1.82. The van der Waals surface area contributed by atoms with Crippen LogP contribution in [0.4, 0.5) is 0 Å². The molecule has 1 aromatic heterocycles. The monoisotopic (exact) mass is 164 g/mol. The molecule has 0 aliphatic carbocycles. The number of imidazole rings is 1. The molecule has 0 bridgehead atoms. The highest BCUT2D eigenvalue weighted by Crippen LogP contribution is 2.00. The maximum absolute atomic E-state index is 10.8. The predicted molar refractivity (Wildman–Crippen MR) is 39.4 cm³/mol. The fourth-order valence-corrected chi connectivity index (χ4v) is 0.728. The second kappa shape index (κ2) is 3.37. The van der Waals surface area contributed by atoms with Crippen LogP contribution in [0.1, 0.15) is 0 Å². The van der Waals surface area contributed by atoms with Gasteiger partial charge >= 0.3 is 22.6 Å². The lowest BCUT2D eigenvalue weighted by atomic mass is 10.5. The largest absolute Gasteiger partial charge is 0.624 e. The topological polar surface area (TPSA) is 44.1 Å². The summed E-state index contributed by atoms with van der Waals surface area (Å²) in [5.74, 6) is -0.493. The molecular weight excluding hydrogens is 159 g/mol. The zero-order valence-corrected chi connectivity index (χ0v) is 6.88. The smallest absolute Gasteiger partial charge is 0.485 e. The lowest BCUT2D eigenvalue weighted by Gasteiger charge is -2.03. The Morgan fingerprint density at radius 2 is 2.45 bits per heavy atom. The minimum Gasteiger partial charge on any atom is -0.624 e. The molecule has 0 saturated heterocycles. The number of rotatable bonds is 2. The van der Waals surface area contributed by atoms with Crippen molar-refractivity contribution in [2.75, 3.05) is 0 Å². The summed E-state index contributed by atoms with van der Waals surface area (Å²) in [6, 6.07) is 0. The van der Waals surface area contributed by atoms with Gasteiger partial charge in [0.15, 0.2) is 0 Å². The summed E-state index contributed by atoms with van der Waals surface area (Å²) >= 11 is 1.86. The third-order valence-corrected chi connectivity index (χ3v) is 1.37. The van der Waals surface area contributed by atoms with Crippen molar-refractivity contribution in [2.24, 2.45) is 0 Å². The van der Waals surface area contributed by atoms with Crippen LogP contribution in [0.25, 0.3) is 5.70 Å². The summed E-state index contributed by atoms with van der Waals surface area (Å²) < 4.78 is 5.84. The molecule has 0 N–H and O–H groups in total. The van der Waals surface area contributed by atoms with Crippen molar-refractivity contribution in [3.8, 4) is 0 Å². The number of carbonyl (C=O) groups is 1. The summed E-state index contributed by atoms with van der Waals surface area (Å²) in [7, 11) is 0. The van der Waals surface area contributed by atoms with Gasteiger partial charge in [-0.15, -0.1) is 0 Å². The Labute approximate surface area is 72.2 Å². The summed E-state index contributed by atoms with van der Waals surface area (Å²) in [5, 5.41) is 0. The molecule has 1 aromatic rings. The Bertz CT molecular complexity index is 268. The normalized spacial score (nSPS) is 9.09. The van der Waals surface area contributed by atoms with Gasteiger partial charge < -0.3 is 8.36 Å². The highest BCUT2D eigenvalue weighted by atomic mass is 27.1. The highest BCUT2D eigenvalue weighted by Gasteiger charge is 2.05. The van der Waals surface area contributed by atoms with Gasteiger partial charge in [-0.2, -0.15) is 0 Å². The maximum Gasteiger partial charge on any atom is 0.485 e. The van der Waals surface area contributed by atoms with E-state index in [4.69, 9.17) is 0 Å². The van der Waals surface area contributed by atoms with E-state index >= 15 is 0 Å². The van der Waals surface area contributed by atoms with Gasteiger partial charge in [0.25, 0.3) is 0 Å². The van der Waals surface area contributed by atoms with Crippen molar-refractivity contribution in [1.82, 2.24) is 9.55 Å². The van der Waals surface area contributed by atoms with Gasteiger partial charge in [-0.05, 0) is 0 Å². The molecule has 4 nitrogen and oxygen atoms in total. The van der Waals surface area contributed by atoms with Crippen LogP contribution in [-0.4, -0.2) is 32.1 Å². The minimum atomic E-state index is -0.493. The van der Waals surface area contributed by atoms with E-state index in [9.17, 15) is 4.79 Å². The number of carbonyl (C=O) groups excluding carboxylic acids is 1. The third kappa shape index (κ3) is 1.70. The van der Waals surface area contributed by atoms with Crippen molar-refractivity contribution in [3.05, 3.63) is 25.3 Å². The maximum atomic E-state index is 10.8. The molecule has 0 amide bonds. The van der Waals surface area contributed by atoms with Gasteiger partial charge in [-0.25, -0.2) is 9.78 Å². The Hall–Kier alpha value is -1.05. The van der Waals surface area contributed by atoms with Crippen molar-refractivity contribution in [3.63, 3.8) is 0 Å². The summed E-state index contributed by atoms with van der Waals surface area (Å²) in [6.07, 6.45) is 4.65. The molecule has 0 atom stereocenters. The molecule has 54 valence electrons. The molecule has 0 saturated carbocycles. The molecule has 2 radical (unpaired) electrons. The van der Waals surface area contributed by atoms with Crippen molar-refractivity contribution < 1.29 is 8.58 Å². The molecule has 5 heteroatoms. The van der Waals surface area contributed by atoms with E-state index in [2.05, 4.69) is 15.4 Å². The van der Waals surface area contributed by atoms with Crippen LogP contribution in [0.2, 0.25) is 0 Å². The van der Waals surface area contributed by atoms with Crippen molar-refractivity contribution in [2.45, 2.75) is 0 Å². The molecule has 0 unspecified atom stereocenters. The third-order valence-electron chi connectivity index (χ3n) is 1.16. The SMILES string of the molecule is C=C(C(=O)[O][Al])n1ccnc1. The first-order valence-electron chi connectivity index (χ1n) is 2.84. The van der Waals surface area contributed by atoms with Gasteiger partial charge in [0.05, 0.1) is 6.33 Å². The molecule has 0 aliphatic heterocycles. The van der Waals surface area contributed by atoms with E-state index in [0.717, 1.165) is 0 Å². The molecular formula is C6H5AlN2O2. The quantitative estimate of drug-likeness (QED) is 0.455. The minimum absolute atomic E-state index is 0.234. The van der Waals surface area contributed by atoms with E-state index in [1.54, 1.807) is 12.4 Å². The van der Waals surface area contributed by atoms with Crippen LogP contribution in [-0.2, 0) is 8.58 Å². The molecule has 11 heavy (non-hydrogen) atoms. The first-order valence-corrected chi connectivity index (χ1v) is 3.31. The van der Waals surface area contributed by atoms with Gasteiger partial charge in [-0.3, -0.25) is 0 Å². The average Bonchev–Trinajstić information content (AvgIpc) is 2.53. The van der Waals surface area contributed by atoms with Crippen LogP contribution in [0.15, 0.2) is 25.3 Å². The van der Waals surface area contributed by atoms with E-state index in [0.29, 0.717) is 0 Å². The number of hydrogen-bond acceptors (Lipinski definition) is 3. The Morgan fingerprint density at radius 1 is 1.73 bits per heavy atom. The lowest BCUT2D eigenvalue weighted by molar-refractivity contribution is -0.128. The van der Waals surface area contributed by atoms with E-state index in [1.165, 1.54) is 10.9 Å². The van der Waals surface area contributed by atoms with Crippen LogP contribution < -0.4 is 0 Å². The zero-order chi connectivity index (χ0) is 8.27. The van der Waals surface area contributed by atoms with Gasteiger partial charge in [-0.1, -0.05) is 6.58 Å². The Kier molecular flexibility index (Phi) is 2.47. The molecule has 0 spiro atoms. The van der Waals surface area contributed by atoms with Crippen molar-refractivity contribution >= 4 is 28.3 Å². The van der Waals surface area contributed by atoms with Crippen LogP contribution >= 0.6 is 0 Å². The molecule has 1 rings (SSSR count). The van der Waals surface area contributed by atoms with Crippen LogP contribution in [0.3, 0.4) is 0 Å². The fourth-order valence-electron chi connectivity index (χ4n) is 0.592. The molecule has 0 aliphatic rings. The number of aromatic nitrogens is 2. The first kappa shape index (κ1) is 8.05. The summed E-state index contributed by atoms with van der Waals surface area (Å²) in [5.41, 5.74) is 0.234. The number of hydrogen-bond donors (Lipinski definition) is 0. The fraction of sp³-hybridized carbons (Fsp3) is 0. The molecule has 0 aromatic carbocycles. The van der Waals surface area contributed by atoms with Gasteiger partial charge in [0, 0.05) is 12.4 Å². The Balaban J connectivity index is 2.79. The molecule has 1 heterocycles.